The first-order valence-corrected chi connectivity index (χ1v) is 12.9. The summed E-state index contributed by atoms with van der Waals surface area (Å²) in [4.78, 5) is 57.8. The van der Waals surface area contributed by atoms with Gasteiger partial charge in [-0.2, -0.15) is 0 Å². The molecule has 41 heavy (non-hydrogen) atoms. The molecule has 0 radical (unpaired) electrons. The number of nitrogens with zero attached hydrogens (tertiary/aromatic N) is 3. The van der Waals surface area contributed by atoms with Gasteiger partial charge in [-0.25, -0.2) is 14.8 Å². The molecule has 3 atom stereocenters. The van der Waals surface area contributed by atoms with E-state index >= 15 is 0 Å². The highest BCUT2D eigenvalue weighted by molar-refractivity contribution is 6.31. The van der Waals surface area contributed by atoms with Crippen LogP contribution in [0.2, 0.25) is 5.02 Å². The highest BCUT2D eigenvalue weighted by atomic mass is 35.5. The first-order valence-electron chi connectivity index (χ1n) is 12.5. The first-order chi connectivity index (χ1) is 19.8. The summed E-state index contributed by atoms with van der Waals surface area (Å²) in [5.41, 5.74) is 1.44. The van der Waals surface area contributed by atoms with Crippen LogP contribution in [0.1, 0.15) is 22.0 Å². The van der Waals surface area contributed by atoms with Gasteiger partial charge in [0.25, 0.3) is 11.6 Å². The third-order valence-electron chi connectivity index (χ3n) is 6.94. The van der Waals surface area contributed by atoms with Gasteiger partial charge in [-0.05, 0) is 60.2 Å². The van der Waals surface area contributed by atoms with E-state index in [0.717, 1.165) is 4.90 Å². The van der Waals surface area contributed by atoms with Crippen LogP contribution in [0.4, 0.5) is 17.1 Å². The van der Waals surface area contributed by atoms with E-state index in [1.807, 2.05) is 0 Å². The Bertz CT molecular complexity index is 1660. The molecule has 2 aliphatic heterocycles. The van der Waals surface area contributed by atoms with Crippen LogP contribution in [-0.2, 0) is 14.4 Å². The van der Waals surface area contributed by atoms with Gasteiger partial charge in [-0.1, -0.05) is 48.0 Å². The van der Waals surface area contributed by atoms with Crippen LogP contribution in [0, 0.1) is 16.0 Å². The van der Waals surface area contributed by atoms with Gasteiger partial charge < -0.3 is 4.74 Å². The second-order valence-corrected chi connectivity index (χ2v) is 9.85. The summed E-state index contributed by atoms with van der Waals surface area (Å²) >= 11 is 5.99. The van der Waals surface area contributed by atoms with Crippen LogP contribution in [0.5, 0.6) is 5.75 Å². The number of ether oxygens (including phenoxy) is 1. The molecule has 0 spiro atoms. The van der Waals surface area contributed by atoms with Crippen molar-refractivity contribution in [2.24, 2.45) is 5.92 Å². The van der Waals surface area contributed by atoms with E-state index in [1.54, 1.807) is 84.9 Å². The van der Waals surface area contributed by atoms with Crippen molar-refractivity contribution in [1.29, 1.82) is 0 Å². The number of nitro benzene ring substituents is 1. The molecule has 4 aromatic rings. The van der Waals surface area contributed by atoms with Gasteiger partial charge in [-0.15, -0.1) is 0 Å². The molecule has 0 unspecified atom stereocenters. The molecule has 6 rings (SSSR count). The largest absolute Gasteiger partial charge is 0.423 e. The number of non-ortho nitro benzene ring substituents is 1. The number of esters is 1. The van der Waals surface area contributed by atoms with Gasteiger partial charge in [0.1, 0.15) is 11.7 Å². The third kappa shape index (κ3) is 4.79. The lowest BCUT2D eigenvalue weighted by molar-refractivity contribution is -0.384. The zero-order valence-electron chi connectivity index (χ0n) is 21.1. The lowest BCUT2D eigenvalue weighted by atomic mass is 9.90. The van der Waals surface area contributed by atoms with Gasteiger partial charge in [-0.3, -0.25) is 24.5 Å². The number of hydrogen-bond donors (Lipinski definition) is 0. The van der Waals surface area contributed by atoms with Gasteiger partial charge in [0, 0.05) is 17.2 Å². The molecule has 0 aromatic heterocycles. The lowest BCUT2D eigenvalue weighted by Crippen LogP contribution is -2.37. The fourth-order valence-corrected chi connectivity index (χ4v) is 5.16. The van der Waals surface area contributed by atoms with E-state index in [1.165, 1.54) is 23.3 Å². The van der Waals surface area contributed by atoms with E-state index < -0.39 is 40.8 Å². The summed E-state index contributed by atoms with van der Waals surface area (Å²) in [6.45, 7) is 0. The quantitative estimate of drug-likeness (QED) is 0.0979. The minimum Gasteiger partial charge on any atom is -0.423 e. The average Bonchev–Trinajstić information content (AvgIpc) is 3.50. The molecule has 2 amide bonds. The number of halogens is 1. The molecule has 10 nitrogen and oxygen atoms in total. The molecule has 2 saturated heterocycles. The van der Waals surface area contributed by atoms with Crippen molar-refractivity contribution in [3.63, 3.8) is 0 Å². The summed E-state index contributed by atoms with van der Waals surface area (Å²) in [6, 6.07) is 26.2. The van der Waals surface area contributed by atoms with Crippen LogP contribution >= 0.6 is 11.6 Å². The number of benzene rings is 4. The Hall–Kier alpha value is -5.06. The summed E-state index contributed by atoms with van der Waals surface area (Å²) in [5, 5.41) is 13.3. The monoisotopic (exact) mass is 569 g/mol. The standard InChI is InChI=1S/C30H20ClN3O7/c31-20-11-13-21(14-12-20)32-28(35)25-26(18-9-15-24(16-10-18)40-30(37)19-5-2-1-3-6-19)33(41-27(25)29(32)36)22-7-4-8-23(17-22)34(38)39/h1-17,25-27H/t25-,26-,27-/m1/s1. The summed E-state index contributed by atoms with van der Waals surface area (Å²) in [5.74, 6) is -2.27. The molecular formula is C30H20ClN3O7. The Morgan fingerprint density at radius 3 is 2.24 bits per heavy atom. The second kappa shape index (κ2) is 10.5. The smallest absolute Gasteiger partial charge is 0.343 e. The summed E-state index contributed by atoms with van der Waals surface area (Å²) in [7, 11) is 0. The van der Waals surface area contributed by atoms with E-state index in [-0.39, 0.29) is 11.4 Å². The lowest BCUT2D eigenvalue weighted by Gasteiger charge is -2.28. The van der Waals surface area contributed by atoms with Crippen molar-refractivity contribution in [2.75, 3.05) is 9.96 Å². The maximum atomic E-state index is 13.8. The number of amides is 2. The molecular weight excluding hydrogens is 550 g/mol. The summed E-state index contributed by atoms with van der Waals surface area (Å²) in [6.07, 6.45) is -1.17. The molecule has 2 aliphatic rings. The predicted octanol–water partition coefficient (Wildman–Crippen LogP) is 5.52. The number of rotatable bonds is 6. The fourth-order valence-electron chi connectivity index (χ4n) is 5.04. The van der Waals surface area contributed by atoms with E-state index in [9.17, 15) is 24.5 Å². The minimum absolute atomic E-state index is 0.175. The molecule has 204 valence electrons. The molecule has 0 bridgehead atoms. The van der Waals surface area contributed by atoms with Crippen LogP contribution in [0.15, 0.2) is 103 Å². The molecule has 2 fully saturated rings. The third-order valence-corrected chi connectivity index (χ3v) is 7.19. The maximum Gasteiger partial charge on any atom is 0.343 e. The molecule has 0 aliphatic carbocycles. The summed E-state index contributed by atoms with van der Waals surface area (Å²) < 4.78 is 5.48. The number of anilines is 2. The van der Waals surface area contributed by atoms with Crippen LogP contribution in [0.3, 0.4) is 0 Å². The van der Waals surface area contributed by atoms with Crippen molar-refractivity contribution in [1.82, 2.24) is 0 Å². The first kappa shape index (κ1) is 26.2. The number of hydroxylamine groups is 1. The second-order valence-electron chi connectivity index (χ2n) is 9.41. The van der Waals surface area contributed by atoms with Crippen molar-refractivity contribution in [2.45, 2.75) is 12.1 Å². The number of nitro groups is 1. The van der Waals surface area contributed by atoms with Crippen molar-refractivity contribution in [3.8, 4) is 5.75 Å². The number of carbonyl (C=O) groups is 3. The molecule has 0 N–H and O–H groups in total. The molecule has 11 heteroatoms. The molecule has 4 aromatic carbocycles. The molecule has 0 saturated carbocycles. The van der Waals surface area contributed by atoms with Gasteiger partial charge in [0.05, 0.1) is 27.9 Å². The number of hydrogen-bond acceptors (Lipinski definition) is 8. The number of carbonyl (C=O) groups excluding carboxylic acids is 3. The number of fused-ring (bicyclic) bond motifs is 1. The van der Waals surface area contributed by atoms with Gasteiger partial charge in [0.2, 0.25) is 5.91 Å². The van der Waals surface area contributed by atoms with Crippen molar-refractivity contribution in [3.05, 3.63) is 129 Å². The van der Waals surface area contributed by atoms with Gasteiger partial charge >= 0.3 is 5.97 Å². The Balaban J connectivity index is 1.35. The topological polar surface area (TPSA) is 119 Å². The SMILES string of the molecule is O=C(Oc1ccc([C@@H]2[C@H]3C(=O)N(c4ccc(Cl)cc4)C(=O)[C@@H]3ON2c2cccc([N+](=O)[O-])c2)cc1)c1ccccc1. The zero-order valence-corrected chi connectivity index (χ0v) is 21.9. The Kier molecular flexibility index (Phi) is 6.70. The van der Waals surface area contributed by atoms with Crippen LogP contribution in [-0.4, -0.2) is 28.8 Å². The average molecular weight is 570 g/mol. The normalized spacial score (nSPS) is 19.8. The fraction of sp³-hybridized carbons (Fsp3) is 0.100. The Morgan fingerprint density at radius 1 is 0.854 bits per heavy atom. The van der Waals surface area contributed by atoms with Crippen LogP contribution in [0.25, 0.3) is 0 Å². The van der Waals surface area contributed by atoms with E-state index in [4.69, 9.17) is 21.2 Å². The van der Waals surface area contributed by atoms with Crippen LogP contribution < -0.4 is 14.7 Å². The zero-order chi connectivity index (χ0) is 28.7. The maximum absolute atomic E-state index is 13.8. The number of imide groups is 1. The van der Waals surface area contributed by atoms with E-state index in [2.05, 4.69) is 0 Å². The highest BCUT2D eigenvalue weighted by Gasteiger charge is 2.60. The van der Waals surface area contributed by atoms with Crippen molar-refractivity contribution >= 4 is 46.4 Å². The molecule has 2 heterocycles. The Labute approximate surface area is 238 Å². The Morgan fingerprint density at radius 2 is 1.56 bits per heavy atom. The highest BCUT2D eigenvalue weighted by Crippen LogP contribution is 2.48. The van der Waals surface area contributed by atoms with E-state index in [0.29, 0.717) is 27.5 Å². The van der Waals surface area contributed by atoms with Gasteiger partial charge in [0.15, 0.2) is 6.10 Å². The van der Waals surface area contributed by atoms with Crippen molar-refractivity contribution < 1.29 is 28.9 Å². The minimum atomic E-state index is -1.17. The predicted molar refractivity (Wildman–Crippen MR) is 148 cm³/mol.